The SMILES string of the molecule is COc1ccccc1CCC(=O)N[C@H]1C[C@H]2C(=O)N[C@@H](Cc3ccccc3)c3nc(co3)C(=O)N[C@H](CC(C)C)C(=O)N[C@H](C)c3nc(co3)C(=O)N2C1. The molecule has 2 aliphatic rings. The second kappa shape index (κ2) is 16.8. The number of ether oxygens (including phenoxy) is 1. The lowest BCUT2D eigenvalue weighted by Gasteiger charge is -2.25. The fourth-order valence-electron chi connectivity index (χ4n) is 6.78. The summed E-state index contributed by atoms with van der Waals surface area (Å²) in [6.07, 6.45) is 3.65. The third-order valence-corrected chi connectivity index (χ3v) is 9.49. The minimum atomic E-state index is -1.03. The number of carbonyl (C=O) groups is 5. The normalized spacial score (nSPS) is 22.1. The molecular formula is C39H45N7O8. The van der Waals surface area contributed by atoms with Crippen molar-refractivity contribution in [2.45, 2.75) is 83.1 Å². The zero-order valence-electron chi connectivity index (χ0n) is 30.7. The van der Waals surface area contributed by atoms with E-state index in [-0.39, 0.29) is 60.8 Å². The summed E-state index contributed by atoms with van der Waals surface area (Å²) in [6, 6.07) is 12.7. The first-order valence-electron chi connectivity index (χ1n) is 18.1. The first-order valence-corrected chi connectivity index (χ1v) is 18.1. The van der Waals surface area contributed by atoms with Crippen molar-refractivity contribution >= 4 is 29.5 Å². The Morgan fingerprint density at radius 2 is 1.61 bits per heavy atom. The Labute approximate surface area is 312 Å². The van der Waals surface area contributed by atoms with Gasteiger partial charge in [0, 0.05) is 25.4 Å². The van der Waals surface area contributed by atoms with Crippen LogP contribution >= 0.6 is 0 Å². The van der Waals surface area contributed by atoms with Gasteiger partial charge in [-0.25, -0.2) is 9.97 Å². The topological polar surface area (TPSA) is 198 Å². The van der Waals surface area contributed by atoms with Gasteiger partial charge in [0.15, 0.2) is 11.4 Å². The molecule has 4 heterocycles. The number of fused-ring (bicyclic) bond motifs is 5. The summed E-state index contributed by atoms with van der Waals surface area (Å²) >= 11 is 0. The van der Waals surface area contributed by atoms with Gasteiger partial charge in [-0.15, -0.1) is 0 Å². The molecule has 5 amide bonds. The van der Waals surface area contributed by atoms with Gasteiger partial charge in [-0.3, -0.25) is 24.0 Å². The van der Waals surface area contributed by atoms with E-state index in [1.807, 2.05) is 68.4 Å². The van der Waals surface area contributed by atoms with Crippen molar-refractivity contribution in [3.8, 4) is 5.75 Å². The van der Waals surface area contributed by atoms with Crippen LogP contribution in [0.1, 0.15) is 96.0 Å². The lowest BCUT2D eigenvalue weighted by atomic mass is 10.0. The van der Waals surface area contributed by atoms with Gasteiger partial charge >= 0.3 is 0 Å². The van der Waals surface area contributed by atoms with Crippen LogP contribution in [0.5, 0.6) is 5.75 Å². The van der Waals surface area contributed by atoms with Crippen molar-refractivity contribution in [2.24, 2.45) is 5.92 Å². The number of aryl methyl sites for hydroxylation is 1. The second-order valence-electron chi connectivity index (χ2n) is 14.1. The van der Waals surface area contributed by atoms with Crippen molar-refractivity contribution in [1.29, 1.82) is 0 Å². The van der Waals surface area contributed by atoms with Crippen LogP contribution in [-0.4, -0.2) is 76.2 Å². The Morgan fingerprint density at radius 3 is 2.37 bits per heavy atom. The van der Waals surface area contributed by atoms with Crippen molar-refractivity contribution < 1.29 is 37.5 Å². The highest BCUT2D eigenvalue weighted by atomic mass is 16.5. The maximum Gasteiger partial charge on any atom is 0.276 e. The van der Waals surface area contributed by atoms with E-state index in [2.05, 4.69) is 31.2 Å². The molecule has 2 aromatic carbocycles. The molecular weight excluding hydrogens is 694 g/mol. The molecule has 0 radical (unpaired) electrons. The van der Waals surface area contributed by atoms with E-state index in [0.29, 0.717) is 18.6 Å². The largest absolute Gasteiger partial charge is 0.496 e. The Bertz CT molecular complexity index is 1980. The highest BCUT2D eigenvalue weighted by molar-refractivity contribution is 5.97. The summed E-state index contributed by atoms with van der Waals surface area (Å²) in [4.78, 5) is 78.6. The lowest BCUT2D eigenvalue weighted by molar-refractivity contribution is -0.126. The van der Waals surface area contributed by atoms with Crippen molar-refractivity contribution in [3.63, 3.8) is 0 Å². The van der Waals surface area contributed by atoms with E-state index in [1.54, 1.807) is 14.0 Å². The van der Waals surface area contributed by atoms with E-state index in [0.717, 1.165) is 11.1 Å². The number of amides is 5. The van der Waals surface area contributed by atoms with Crippen LogP contribution in [0.3, 0.4) is 0 Å². The summed E-state index contributed by atoms with van der Waals surface area (Å²) in [6.45, 7) is 5.52. The second-order valence-corrected chi connectivity index (χ2v) is 14.1. The third-order valence-electron chi connectivity index (χ3n) is 9.49. The summed E-state index contributed by atoms with van der Waals surface area (Å²) in [5.41, 5.74) is 1.59. The molecule has 6 rings (SSSR count). The lowest BCUT2D eigenvalue weighted by Crippen LogP contribution is -2.48. The van der Waals surface area contributed by atoms with E-state index in [1.165, 1.54) is 17.4 Å². The van der Waals surface area contributed by atoms with Crippen molar-refractivity contribution in [3.05, 3.63) is 101 Å². The van der Waals surface area contributed by atoms with Crippen LogP contribution < -0.4 is 26.0 Å². The number of benzene rings is 2. The Kier molecular flexibility index (Phi) is 11.7. The maximum absolute atomic E-state index is 14.3. The number of methoxy groups -OCH3 is 1. The molecule has 4 bridgehead atoms. The van der Waals surface area contributed by atoms with E-state index in [4.69, 9.17) is 13.6 Å². The van der Waals surface area contributed by atoms with E-state index >= 15 is 0 Å². The molecule has 1 fully saturated rings. The first kappa shape index (κ1) is 37.8. The third kappa shape index (κ3) is 8.96. The van der Waals surface area contributed by atoms with Crippen LogP contribution in [0, 0.1) is 5.92 Å². The summed E-state index contributed by atoms with van der Waals surface area (Å²) in [5, 5.41) is 11.6. The summed E-state index contributed by atoms with van der Waals surface area (Å²) < 4.78 is 16.9. The molecule has 15 heteroatoms. The Balaban J connectivity index is 1.30. The molecule has 2 aromatic heterocycles. The predicted molar refractivity (Wildman–Crippen MR) is 194 cm³/mol. The smallest absolute Gasteiger partial charge is 0.276 e. The van der Waals surface area contributed by atoms with Gasteiger partial charge in [0.2, 0.25) is 29.5 Å². The Morgan fingerprint density at radius 1 is 0.907 bits per heavy atom. The molecule has 0 aliphatic carbocycles. The van der Waals surface area contributed by atoms with Crippen LogP contribution in [0.4, 0.5) is 0 Å². The van der Waals surface area contributed by atoms with Crippen LogP contribution in [0.2, 0.25) is 0 Å². The minimum Gasteiger partial charge on any atom is -0.496 e. The van der Waals surface area contributed by atoms with Gasteiger partial charge in [0.25, 0.3) is 11.8 Å². The number of hydrogen-bond acceptors (Lipinski definition) is 10. The van der Waals surface area contributed by atoms with Gasteiger partial charge in [-0.1, -0.05) is 62.4 Å². The number of rotatable bonds is 9. The molecule has 4 aromatic rings. The number of nitrogens with zero attached hydrogens (tertiary/aromatic N) is 3. The average molecular weight is 740 g/mol. The molecule has 0 unspecified atom stereocenters. The predicted octanol–water partition coefficient (Wildman–Crippen LogP) is 3.44. The number of nitrogens with one attached hydrogen (secondary N) is 4. The molecule has 4 N–H and O–H groups in total. The summed E-state index contributed by atoms with van der Waals surface area (Å²) in [5.74, 6) is -1.59. The summed E-state index contributed by atoms with van der Waals surface area (Å²) in [7, 11) is 1.57. The molecule has 5 atom stereocenters. The molecule has 0 saturated carbocycles. The number of para-hydroxylation sites is 1. The monoisotopic (exact) mass is 739 g/mol. The molecule has 284 valence electrons. The highest BCUT2D eigenvalue weighted by Gasteiger charge is 2.42. The van der Waals surface area contributed by atoms with Gasteiger partial charge in [0.05, 0.1) is 7.11 Å². The zero-order valence-corrected chi connectivity index (χ0v) is 30.7. The van der Waals surface area contributed by atoms with E-state index in [9.17, 15) is 24.0 Å². The van der Waals surface area contributed by atoms with Gasteiger partial charge in [-0.2, -0.15) is 0 Å². The van der Waals surface area contributed by atoms with Gasteiger partial charge in [-0.05, 0) is 49.3 Å². The zero-order chi connectivity index (χ0) is 38.4. The van der Waals surface area contributed by atoms with Crippen molar-refractivity contribution in [1.82, 2.24) is 36.1 Å². The number of hydrogen-bond donors (Lipinski definition) is 4. The molecule has 15 nitrogen and oxygen atoms in total. The molecule has 54 heavy (non-hydrogen) atoms. The first-order chi connectivity index (χ1) is 26.0. The van der Waals surface area contributed by atoms with Crippen LogP contribution in [0.15, 0.2) is 76.0 Å². The molecule has 0 spiro atoms. The standard InChI is InChI=1S/C39H45N7O8/c1-22(2)16-27-34(48)40-23(3)37-45-30(21-53-37)39(51)46-19-26(41-33(47)15-14-25-12-8-9-13-32(25)52-4)18-31(46)36(50)43-28(17-24-10-6-5-7-11-24)38-44-29(20-54-38)35(49)42-27/h5-13,20-23,26-28,31H,14-19H2,1-4H3,(H,40,48)(H,41,47)(H,42,49)(H,43,50)/t23-,26+,27-,28+,31+/m1/s1. The number of carbonyl (C=O) groups excluding carboxylic acids is 5. The van der Waals surface area contributed by atoms with Crippen LogP contribution in [-0.2, 0) is 27.2 Å². The quantitative estimate of drug-likeness (QED) is 0.197. The highest BCUT2D eigenvalue weighted by Crippen LogP contribution is 2.26. The number of aromatic nitrogens is 2. The minimum absolute atomic E-state index is 0.0232. The fraction of sp³-hybridized carbons (Fsp3) is 0.410. The Hall–Kier alpha value is -5.99. The number of oxazole rings is 2. The van der Waals surface area contributed by atoms with E-state index < -0.39 is 53.8 Å². The van der Waals surface area contributed by atoms with Gasteiger partial charge < -0.3 is 39.7 Å². The maximum atomic E-state index is 14.3. The average Bonchev–Trinajstić information content (AvgIpc) is 3.94. The van der Waals surface area contributed by atoms with Crippen molar-refractivity contribution in [2.75, 3.05) is 13.7 Å². The van der Waals surface area contributed by atoms with Crippen LogP contribution in [0.25, 0.3) is 0 Å². The fourth-order valence-corrected chi connectivity index (χ4v) is 6.78. The molecule has 1 saturated heterocycles. The van der Waals surface area contributed by atoms with Gasteiger partial charge in [0.1, 0.15) is 42.4 Å². The molecule has 2 aliphatic heterocycles.